The van der Waals surface area contributed by atoms with Crippen molar-refractivity contribution in [3.05, 3.63) is 42.1 Å². The van der Waals surface area contributed by atoms with Crippen LogP contribution in [0.2, 0.25) is 0 Å². The van der Waals surface area contributed by atoms with Crippen LogP contribution in [-0.2, 0) is 10.0 Å². The summed E-state index contributed by atoms with van der Waals surface area (Å²) in [5.41, 5.74) is 0.312. The van der Waals surface area contributed by atoms with Crippen LogP contribution in [0.25, 0.3) is 10.9 Å². The van der Waals surface area contributed by atoms with Gasteiger partial charge in [0, 0.05) is 12.4 Å². The SMILES string of the molecule is C[C@H](CF)n1cc(S(=O)(=O)Nc2ccc(F)c3c(C#N)c[nH]c23)cn1. The maximum atomic E-state index is 13.9. The standard InChI is InChI=1S/C15H13F2N5O2S/c1-9(4-16)22-8-11(7-20-22)25(23,24)21-13-3-2-12(17)14-10(5-18)6-19-15(13)14/h2-3,6-9,19,21H,4H2,1H3/t9-/m1/s1. The van der Waals surface area contributed by atoms with Crippen molar-refractivity contribution in [2.45, 2.75) is 17.9 Å². The van der Waals surface area contributed by atoms with E-state index in [1.807, 2.05) is 6.07 Å². The van der Waals surface area contributed by atoms with E-state index in [0.29, 0.717) is 0 Å². The Kier molecular flexibility index (Phi) is 4.18. The number of anilines is 1. The molecule has 10 heteroatoms. The first-order valence-electron chi connectivity index (χ1n) is 7.20. The Morgan fingerprint density at radius 1 is 1.48 bits per heavy atom. The van der Waals surface area contributed by atoms with Gasteiger partial charge in [-0.15, -0.1) is 0 Å². The predicted molar refractivity (Wildman–Crippen MR) is 86.7 cm³/mol. The number of alkyl halides is 1. The van der Waals surface area contributed by atoms with E-state index in [1.54, 1.807) is 6.92 Å². The predicted octanol–water partition coefficient (Wildman–Crippen LogP) is 2.71. The van der Waals surface area contributed by atoms with Gasteiger partial charge in [-0.1, -0.05) is 0 Å². The zero-order chi connectivity index (χ0) is 18.2. The quantitative estimate of drug-likeness (QED) is 0.725. The van der Waals surface area contributed by atoms with E-state index in [1.165, 1.54) is 23.1 Å². The van der Waals surface area contributed by atoms with E-state index in [-0.39, 0.29) is 27.0 Å². The van der Waals surface area contributed by atoms with Crippen LogP contribution in [0.3, 0.4) is 0 Å². The fourth-order valence-corrected chi connectivity index (χ4v) is 3.37. The van der Waals surface area contributed by atoms with Crippen LogP contribution in [0, 0.1) is 17.1 Å². The lowest BCUT2D eigenvalue weighted by molar-refractivity contribution is 0.355. The second-order valence-electron chi connectivity index (χ2n) is 5.42. The first kappa shape index (κ1) is 16.9. The Hall–Kier alpha value is -2.93. The monoisotopic (exact) mass is 365 g/mol. The lowest BCUT2D eigenvalue weighted by Crippen LogP contribution is -2.13. The van der Waals surface area contributed by atoms with Gasteiger partial charge in [0.1, 0.15) is 23.5 Å². The average molecular weight is 365 g/mol. The number of nitrogens with zero attached hydrogens (tertiary/aromatic N) is 3. The van der Waals surface area contributed by atoms with E-state index in [4.69, 9.17) is 5.26 Å². The van der Waals surface area contributed by atoms with Crippen molar-refractivity contribution in [2.24, 2.45) is 0 Å². The molecule has 0 aliphatic rings. The van der Waals surface area contributed by atoms with Crippen LogP contribution >= 0.6 is 0 Å². The number of sulfonamides is 1. The van der Waals surface area contributed by atoms with Gasteiger partial charge in [-0.25, -0.2) is 17.2 Å². The van der Waals surface area contributed by atoms with Crippen molar-refractivity contribution in [3.63, 3.8) is 0 Å². The average Bonchev–Trinajstić information content (AvgIpc) is 3.24. The smallest absolute Gasteiger partial charge is 0.265 e. The third kappa shape index (κ3) is 2.94. The maximum Gasteiger partial charge on any atom is 0.265 e. The second kappa shape index (κ2) is 6.18. The summed E-state index contributed by atoms with van der Waals surface area (Å²) in [5.74, 6) is -0.639. The molecule has 0 saturated heterocycles. The van der Waals surface area contributed by atoms with Crippen LogP contribution in [0.4, 0.5) is 14.5 Å². The third-order valence-corrected chi connectivity index (χ3v) is 5.03. The zero-order valence-corrected chi connectivity index (χ0v) is 13.8. The number of nitriles is 1. The summed E-state index contributed by atoms with van der Waals surface area (Å²) in [5, 5.41) is 12.9. The van der Waals surface area contributed by atoms with Gasteiger partial charge in [0.05, 0.1) is 34.4 Å². The Morgan fingerprint density at radius 2 is 2.24 bits per heavy atom. The number of H-pyrrole nitrogens is 1. The molecule has 0 unspecified atom stereocenters. The Morgan fingerprint density at radius 3 is 2.92 bits per heavy atom. The van der Waals surface area contributed by atoms with Gasteiger partial charge in [0.15, 0.2) is 0 Å². The Labute approximate surface area is 141 Å². The number of aromatic nitrogens is 3. The molecule has 3 aromatic rings. The molecule has 0 fully saturated rings. The number of nitrogens with one attached hydrogen (secondary N) is 2. The van der Waals surface area contributed by atoms with Gasteiger partial charge in [-0.2, -0.15) is 10.4 Å². The van der Waals surface area contributed by atoms with Gasteiger partial charge < -0.3 is 4.98 Å². The third-order valence-electron chi connectivity index (χ3n) is 3.71. The van der Waals surface area contributed by atoms with Crippen LogP contribution in [0.1, 0.15) is 18.5 Å². The largest absolute Gasteiger partial charge is 0.358 e. The summed E-state index contributed by atoms with van der Waals surface area (Å²) < 4.78 is 55.2. The summed E-state index contributed by atoms with van der Waals surface area (Å²) in [4.78, 5) is 2.54. The number of hydrogen-bond donors (Lipinski definition) is 2. The van der Waals surface area contributed by atoms with Crippen LogP contribution in [0.5, 0.6) is 0 Å². The number of aromatic amines is 1. The number of hydrogen-bond acceptors (Lipinski definition) is 4. The summed E-state index contributed by atoms with van der Waals surface area (Å²) in [7, 11) is -4.02. The highest BCUT2D eigenvalue weighted by Crippen LogP contribution is 2.29. The maximum absolute atomic E-state index is 13.9. The highest BCUT2D eigenvalue weighted by Gasteiger charge is 2.21. The van der Waals surface area contributed by atoms with E-state index in [2.05, 4.69) is 14.8 Å². The van der Waals surface area contributed by atoms with Gasteiger partial charge >= 0.3 is 0 Å². The molecule has 0 aliphatic carbocycles. The fraction of sp³-hybridized carbons (Fsp3) is 0.200. The van der Waals surface area contributed by atoms with Crippen molar-refractivity contribution in [2.75, 3.05) is 11.4 Å². The molecular formula is C15H13F2N5O2S. The van der Waals surface area contributed by atoms with Gasteiger partial charge in [0.25, 0.3) is 10.0 Å². The van der Waals surface area contributed by atoms with E-state index in [0.717, 1.165) is 12.3 Å². The molecule has 2 heterocycles. The fourth-order valence-electron chi connectivity index (χ4n) is 2.36. The minimum absolute atomic E-state index is 0.00412. The molecule has 0 spiro atoms. The summed E-state index contributed by atoms with van der Waals surface area (Å²) in [6.45, 7) is 0.870. The minimum Gasteiger partial charge on any atom is -0.358 e. The normalized spacial score (nSPS) is 12.9. The van der Waals surface area contributed by atoms with Crippen molar-refractivity contribution in [3.8, 4) is 6.07 Å². The molecule has 1 atom stereocenters. The van der Waals surface area contributed by atoms with Crippen molar-refractivity contribution in [1.29, 1.82) is 5.26 Å². The molecule has 0 bridgehead atoms. The molecule has 130 valence electrons. The minimum atomic E-state index is -4.02. The molecule has 0 amide bonds. The van der Waals surface area contributed by atoms with Gasteiger partial charge in [0.2, 0.25) is 0 Å². The molecule has 0 saturated carbocycles. The van der Waals surface area contributed by atoms with Crippen molar-refractivity contribution in [1.82, 2.24) is 14.8 Å². The summed E-state index contributed by atoms with van der Waals surface area (Å²) in [6.07, 6.45) is 3.61. The first-order valence-corrected chi connectivity index (χ1v) is 8.68. The summed E-state index contributed by atoms with van der Waals surface area (Å²) >= 11 is 0. The number of rotatable bonds is 5. The van der Waals surface area contributed by atoms with Crippen LogP contribution < -0.4 is 4.72 Å². The Bertz CT molecular complexity index is 1080. The lowest BCUT2D eigenvalue weighted by Gasteiger charge is -2.08. The molecule has 0 radical (unpaired) electrons. The molecule has 0 aliphatic heterocycles. The molecular weight excluding hydrogens is 352 g/mol. The molecule has 2 aromatic heterocycles. The topological polar surface area (TPSA) is 104 Å². The van der Waals surface area contributed by atoms with Gasteiger partial charge in [-0.05, 0) is 19.1 Å². The van der Waals surface area contributed by atoms with E-state index >= 15 is 0 Å². The number of halogens is 2. The molecule has 25 heavy (non-hydrogen) atoms. The molecule has 7 nitrogen and oxygen atoms in total. The number of fused-ring (bicyclic) bond motifs is 1. The highest BCUT2D eigenvalue weighted by atomic mass is 32.2. The van der Waals surface area contributed by atoms with Crippen molar-refractivity contribution < 1.29 is 17.2 Å². The summed E-state index contributed by atoms with van der Waals surface area (Å²) in [6, 6.07) is 3.57. The molecule has 2 N–H and O–H groups in total. The number of benzene rings is 1. The zero-order valence-electron chi connectivity index (χ0n) is 13.0. The first-order chi connectivity index (χ1) is 11.9. The second-order valence-corrected chi connectivity index (χ2v) is 7.11. The molecule has 1 aromatic carbocycles. The van der Waals surface area contributed by atoms with Crippen molar-refractivity contribution >= 4 is 26.6 Å². The highest BCUT2D eigenvalue weighted by molar-refractivity contribution is 7.92. The Balaban J connectivity index is 2.01. The van der Waals surface area contributed by atoms with Crippen LogP contribution in [-0.4, -0.2) is 29.9 Å². The van der Waals surface area contributed by atoms with Crippen LogP contribution in [0.15, 0.2) is 35.6 Å². The lowest BCUT2D eigenvalue weighted by atomic mass is 10.1. The van der Waals surface area contributed by atoms with E-state index < -0.39 is 28.6 Å². The molecule has 3 rings (SSSR count). The van der Waals surface area contributed by atoms with E-state index in [9.17, 15) is 17.2 Å². The van der Waals surface area contributed by atoms with Gasteiger partial charge in [-0.3, -0.25) is 9.40 Å².